The summed E-state index contributed by atoms with van der Waals surface area (Å²) in [6.45, 7) is 0. The summed E-state index contributed by atoms with van der Waals surface area (Å²) in [6.07, 6.45) is 0. The van der Waals surface area contributed by atoms with Crippen LogP contribution >= 0.6 is 0 Å². The molecule has 4 rings (SSSR count). The third kappa shape index (κ3) is 3.89. The number of hydrogen-bond donors (Lipinski definition) is 1. The van der Waals surface area contributed by atoms with Gasteiger partial charge in [0.2, 0.25) is 0 Å². The average molecular weight is 397 g/mol. The Bertz CT molecular complexity index is 1190. The molecule has 0 aliphatic carbocycles. The Morgan fingerprint density at radius 2 is 1.47 bits per heavy atom. The first-order chi connectivity index (χ1) is 14.7. The van der Waals surface area contributed by atoms with Crippen molar-refractivity contribution < 1.29 is 14.3 Å². The number of fused-ring (bicyclic) bond motifs is 1. The van der Waals surface area contributed by atoms with Crippen LogP contribution in [0.1, 0.15) is 22.1 Å². The number of nitrogens with zero attached hydrogens (tertiary/aromatic N) is 2. The quantitative estimate of drug-likeness (QED) is 0.516. The van der Waals surface area contributed by atoms with Crippen molar-refractivity contribution in [1.82, 2.24) is 15.3 Å². The number of aromatic nitrogens is 2. The van der Waals surface area contributed by atoms with Crippen LogP contribution in [0.4, 0.5) is 0 Å². The van der Waals surface area contributed by atoms with Crippen LogP contribution in [-0.4, -0.2) is 29.0 Å². The van der Waals surface area contributed by atoms with Crippen LogP contribution in [-0.2, 0) is 9.53 Å². The Labute approximate surface area is 173 Å². The van der Waals surface area contributed by atoms with Gasteiger partial charge in [-0.15, -0.1) is 0 Å². The van der Waals surface area contributed by atoms with E-state index in [0.717, 1.165) is 5.56 Å². The number of rotatable bonds is 5. The molecule has 0 bridgehead atoms. The molecule has 1 atom stereocenters. The first kappa shape index (κ1) is 19.3. The van der Waals surface area contributed by atoms with E-state index in [1.165, 1.54) is 7.11 Å². The van der Waals surface area contributed by atoms with E-state index < -0.39 is 17.9 Å². The summed E-state index contributed by atoms with van der Waals surface area (Å²) in [6, 6.07) is 24.7. The van der Waals surface area contributed by atoms with Gasteiger partial charge in [-0.2, -0.15) is 0 Å². The smallest absolute Gasteiger partial charge is 0.333 e. The van der Waals surface area contributed by atoms with Crippen molar-refractivity contribution in [2.24, 2.45) is 0 Å². The second-order valence-corrected chi connectivity index (χ2v) is 6.62. The number of methoxy groups -OCH3 is 1. The Kier molecular flexibility index (Phi) is 5.48. The lowest BCUT2D eigenvalue weighted by atomic mass is 10.1. The predicted molar refractivity (Wildman–Crippen MR) is 114 cm³/mol. The van der Waals surface area contributed by atoms with E-state index in [1.54, 1.807) is 30.3 Å². The molecule has 4 aromatic rings. The van der Waals surface area contributed by atoms with Gasteiger partial charge in [0, 0.05) is 10.9 Å². The zero-order chi connectivity index (χ0) is 20.9. The Morgan fingerprint density at radius 1 is 0.833 bits per heavy atom. The van der Waals surface area contributed by atoms with Crippen LogP contribution in [0.5, 0.6) is 0 Å². The monoisotopic (exact) mass is 397 g/mol. The molecule has 148 valence electrons. The fraction of sp³-hybridized carbons (Fsp3) is 0.0833. The van der Waals surface area contributed by atoms with Gasteiger partial charge in [-0.05, 0) is 11.6 Å². The van der Waals surface area contributed by atoms with Gasteiger partial charge >= 0.3 is 5.97 Å². The van der Waals surface area contributed by atoms with E-state index >= 15 is 0 Å². The van der Waals surface area contributed by atoms with Crippen LogP contribution in [0, 0.1) is 0 Å². The standard InChI is InChI=1S/C24H19N3O3/c1-30-24(29)20(16-10-4-2-5-11-16)27-23(28)21-18-14-8-9-15-19(18)25-22(26-21)17-12-6-3-7-13-17/h2-15,20H,1H3,(H,27,28). The van der Waals surface area contributed by atoms with E-state index in [4.69, 9.17) is 4.74 Å². The summed E-state index contributed by atoms with van der Waals surface area (Å²) in [4.78, 5) is 34.7. The van der Waals surface area contributed by atoms with Gasteiger partial charge in [-0.1, -0.05) is 78.9 Å². The molecule has 0 radical (unpaired) electrons. The molecule has 1 aromatic heterocycles. The van der Waals surface area contributed by atoms with Crippen LogP contribution in [0.3, 0.4) is 0 Å². The fourth-order valence-corrected chi connectivity index (χ4v) is 3.21. The topological polar surface area (TPSA) is 81.2 Å². The molecule has 1 heterocycles. The highest BCUT2D eigenvalue weighted by atomic mass is 16.5. The molecule has 0 saturated heterocycles. The number of benzene rings is 3. The summed E-state index contributed by atoms with van der Waals surface area (Å²) < 4.78 is 4.90. The summed E-state index contributed by atoms with van der Waals surface area (Å²) >= 11 is 0. The van der Waals surface area contributed by atoms with E-state index in [2.05, 4.69) is 15.3 Å². The van der Waals surface area contributed by atoms with Crippen molar-refractivity contribution in [2.75, 3.05) is 7.11 Å². The number of amides is 1. The molecule has 0 saturated carbocycles. The summed E-state index contributed by atoms with van der Waals surface area (Å²) in [5, 5.41) is 3.37. The Hall–Kier alpha value is -4.06. The molecule has 1 unspecified atom stereocenters. The van der Waals surface area contributed by atoms with Crippen molar-refractivity contribution >= 4 is 22.8 Å². The maximum absolute atomic E-state index is 13.2. The molecule has 1 amide bonds. The number of para-hydroxylation sites is 1. The highest BCUT2D eigenvalue weighted by Crippen LogP contribution is 2.23. The summed E-state index contributed by atoms with van der Waals surface area (Å²) in [7, 11) is 1.29. The van der Waals surface area contributed by atoms with Crippen molar-refractivity contribution in [2.45, 2.75) is 6.04 Å². The van der Waals surface area contributed by atoms with Gasteiger partial charge in [0.05, 0.1) is 12.6 Å². The van der Waals surface area contributed by atoms with Gasteiger partial charge in [0.25, 0.3) is 5.91 Å². The zero-order valence-electron chi connectivity index (χ0n) is 16.3. The fourth-order valence-electron chi connectivity index (χ4n) is 3.21. The third-order valence-electron chi connectivity index (χ3n) is 4.70. The highest BCUT2D eigenvalue weighted by Gasteiger charge is 2.26. The lowest BCUT2D eigenvalue weighted by molar-refractivity contribution is -0.143. The molecule has 1 N–H and O–H groups in total. The van der Waals surface area contributed by atoms with Crippen LogP contribution in [0.15, 0.2) is 84.9 Å². The van der Waals surface area contributed by atoms with Crippen LogP contribution in [0.25, 0.3) is 22.3 Å². The minimum absolute atomic E-state index is 0.198. The molecule has 0 aliphatic rings. The molecular formula is C24H19N3O3. The summed E-state index contributed by atoms with van der Waals surface area (Å²) in [5.74, 6) is -0.602. The van der Waals surface area contributed by atoms with Gasteiger partial charge < -0.3 is 10.1 Å². The Morgan fingerprint density at radius 3 is 2.17 bits per heavy atom. The van der Waals surface area contributed by atoms with Crippen molar-refractivity contribution in [1.29, 1.82) is 0 Å². The number of carbonyl (C=O) groups is 2. The largest absolute Gasteiger partial charge is 0.467 e. The van der Waals surface area contributed by atoms with Crippen LogP contribution in [0.2, 0.25) is 0 Å². The first-order valence-electron chi connectivity index (χ1n) is 9.43. The van der Waals surface area contributed by atoms with Crippen LogP contribution < -0.4 is 5.32 Å². The second-order valence-electron chi connectivity index (χ2n) is 6.62. The molecule has 0 spiro atoms. The number of hydrogen-bond acceptors (Lipinski definition) is 5. The van der Waals surface area contributed by atoms with Gasteiger partial charge in [0.15, 0.2) is 11.9 Å². The number of carbonyl (C=O) groups excluding carboxylic acids is 2. The number of ether oxygens (including phenoxy) is 1. The molecule has 3 aromatic carbocycles. The normalized spacial score (nSPS) is 11.6. The number of esters is 1. The Balaban J connectivity index is 1.77. The molecule has 6 nitrogen and oxygen atoms in total. The molecule has 0 aliphatic heterocycles. The molecule has 0 fully saturated rings. The van der Waals surface area contributed by atoms with Gasteiger partial charge in [-0.3, -0.25) is 4.79 Å². The van der Waals surface area contributed by atoms with Crippen molar-refractivity contribution in [3.8, 4) is 11.4 Å². The SMILES string of the molecule is COC(=O)C(NC(=O)c1nc(-c2ccccc2)nc2ccccc12)c1ccccc1. The maximum atomic E-state index is 13.2. The second kappa shape index (κ2) is 8.53. The zero-order valence-corrected chi connectivity index (χ0v) is 16.3. The lowest BCUT2D eigenvalue weighted by Crippen LogP contribution is -2.35. The van der Waals surface area contributed by atoms with Gasteiger partial charge in [0.1, 0.15) is 5.69 Å². The van der Waals surface area contributed by atoms with E-state index in [9.17, 15) is 9.59 Å². The van der Waals surface area contributed by atoms with Crippen molar-refractivity contribution in [3.63, 3.8) is 0 Å². The lowest BCUT2D eigenvalue weighted by Gasteiger charge is -2.17. The number of nitrogens with one attached hydrogen (secondary N) is 1. The van der Waals surface area contributed by atoms with E-state index in [0.29, 0.717) is 22.3 Å². The predicted octanol–water partition coefficient (Wildman–Crippen LogP) is 3.94. The molecule has 30 heavy (non-hydrogen) atoms. The maximum Gasteiger partial charge on any atom is 0.333 e. The average Bonchev–Trinajstić information content (AvgIpc) is 2.82. The van der Waals surface area contributed by atoms with Crippen molar-refractivity contribution in [3.05, 3.63) is 96.2 Å². The molecule has 6 heteroatoms. The van der Waals surface area contributed by atoms with E-state index in [-0.39, 0.29) is 5.69 Å². The molecular weight excluding hydrogens is 378 g/mol. The minimum atomic E-state index is -0.947. The summed E-state index contributed by atoms with van der Waals surface area (Å²) in [5.41, 5.74) is 2.26. The van der Waals surface area contributed by atoms with E-state index in [1.807, 2.05) is 54.6 Å². The first-order valence-corrected chi connectivity index (χ1v) is 9.43. The van der Waals surface area contributed by atoms with Gasteiger partial charge in [-0.25, -0.2) is 14.8 Å². The highest BCUT2D eigenvalue weighted by molar-refractivity contribution is 6.06. The minimum Gasteiger partial charge on any atom is -0.467 e. The third-order valence-corrected chi connectivity index (χ3v) is 4.70.